The van der Waals surface area contributed by atoms with E-state index in [-0.39, 0.29) is 0 Å². The minimum absolute atomic E-state index is 0.310. The lowest BCUT2D eigenvalue weighted by atomic mass is 9.75. The standard InChI is InChI=1S/C14H31N3/c1-6-12(2)13(15)10-17(5)11-14(16(3)4)8-7-9-14/h12-13H,6-11,15H2,1-5H3/t12-,13+/m0/s1. The Hall–Kier alpha value is -0.120. The van der Waals surface area contributed by atoms with Crippen molar-refractivity contribution in [3.8, 4) is 0 Å². The van der Waals surface area contributed by atoms with Gasteiger partial charge in [-0.25, -0.2) is 0 Å². The van der Waals surface area contributed by atoms with E-state index in [0.717, 1.165) is 13.1 Å². The van der Waals surface area contributed by atoms with Crippen molar-refractivity contribution in [2.75, 3.05) is 34.2 Å². The third-order valence-electron chi connectivity index (χ3n) is 4.69. The SMILES string of the molecule is CC[C@H](C)[C@H](N)CN(C)CC1(N(C)C)CCC1. The number of likely N-dealkylation sites (N-methyl/N-ethyl adjacent to an activating group) is 2. The Labute approximate surface area is 107 Å². The maximum atomic E-state index is 6.23. The minimum Gasteiger partial charge on any atom is -0.326 e. The predicted molar refractivity (Wildman–Crippen MR) is 75.2 cm³/mol. The molecular weight excluding hydrogens is 210 g/mol. The van der Waals surface area contributed by atoms with Gasteiger partial charge in [0.15, 0.2) is 0 Å². The average molecular weight is 241 g/mol. The van der Waals surface area contributed by atoms with E-state index >= 15 is 0 Å². The van der Waals surface area contributed by atoms with E-state index in [0.29, 0.717) is 17.5 Å². The second-order valence-corrected chi connectivity index (χ2v) is 6.22. The summed E-state index contributed by atoms with van der Waals surface area (Å²) in [4.78, 5) is 4.83. The molecule has 3 nitrogen and oxygen atoms in total. The largest absolute Gasteiger partial charge is 0.326 e. The molecule has 2 atom stereocenters. The Balaban J connectivity index is 2.40. The molecular formula is C14H31N3. The van der Waals surface area contributed by atoms with Crippen molar-refractivity contribution in [2.45, 2.75) is 51.1 Å². The second-order valence-electron chi connectivity index (χ2n) is 6.22. The molecule has 0 aromatic carbocycles. The maximum Gasteiger partial charge on any atom is 0.0330 e. The Morgan fingerprint density at radius 1 is 1.24 bits per heavy atom. The topological polar surface area (TPSA) is 32.5 Å². The molecule has 0 unspecified atom stereocenters. The van der Waals surface area contributed by atoms with Crippen LogP contribution in [-0.4, -0.2) is 55.6 Å². The molecule has 17 heavy (non-hydrogen) atoms. The normalized spacial score (nSPS) is 22.6. The van der Waals surface area contributed by atoms with E-state index in [1.165, 1.54) is 25.7 Å². The van der Waals surface area contributed by atoms with Gasteiger partial charge in [-0.15, -0.1) is 0 Å². The lowest BCUT2D eigenvalue weighted by molar-refractivity contribution is 0.0252. The molecule has 3 heteroatoms. The van der Waals surface area contributed by atoms with E-state index in [2.05, 4.69) is 44.8 Å². The third-order valence-corrected chi connectivity index (χ3v) is 4.69. The van der Waals surface area contributed by atoms with Gasteiger partial charge in [-0.2, -0.15) is 0 Å². The Morgan fingerprint density at radius 3 is 2.18 bits per heavy atom. The van der Waals surface area contributed by atoms with Crippen molar-refractivity contribution in [3.63, 3.8) is 0 Å². The summed E-state index contributed by atoms with van der Waals surface area (Å²) in [6.45, 7) is 6.65. The molecule has 102 valence electrons. The van der Waals surface area contributed by atoms with Crippen molar-refractivity contribution >= 4 is 0 Å². The highest BCUT2D eigenvalue weighted by Gasteiger charge is 2.39. The Bertz CT molecular complexity index is 224. The fourth-order valence-corrected chi connectivity index (χ4v) is 2.74. The van der Waals surface area contributed by atoms with Gasteiger partial charge in [0.2, 0.25) is 0 Å². The summed E-state index contributed by atoms with van der Waals surface area (Å²) in [7, 11) is 6.63. The van der Waals surface area contributed by atoms with Crippen LogP contribution in [0.2, 0.25) is 0 Å². The van der Waals surface area contributed by atoms with Crippen molar-refractivity contribution < 1.29 is 0 Å². The van der Waals surface area contributed by atoms with Crippen LogP contribution in [0, 0.1) is 5.92 Å². The van der Waals surface area contributed by atoms with Gasteiger partial charge in [0.25, 0.3) is 0 Å². The number of hydrogen-bond donors (Lipinski definition) is 1. The molecule has 0 aliphatic heterocycles. The number of nitrogens with zero attached hydrogens (tertiary/aromatic N) is 2. The summed E-state index contributed by atoms with van der Waals surface area (Å²) >= 11 is 0. The minimum atomic E-state index is 0.310. The fourth-order valence-electron chi connectivity index (χ4n) is 2.74. The van der Waals surface area contributed by atoms with Gasteiger partial charge < -0.3 is 15.5 Å². The lowest BCUT2D eigenvalue weighted by Crippen LogP contribution is -2.57. The highest BCUT2D eigenvalue weighted by atomic mass is 15.2. The number of rotatable bonds is 7. The first-order valence-corrected chi connectivity index (χ1v) is 7.03. The molecule has 0 aromatic heterocycles. The first-order chi connectivity index (χ1) is 7.91. The van der Waals surface area contributed by atoms with E-state index in [1.807, 2.05) is 0 Å². The van der Waals surface area contributed by atoms with Crippen LogP contribution in [0.3, 0.4) is 0 Å². The summed E-state index contributed by atoms with van der Waals surface area (Å²) < 4.78 is 0. The van der Waals surface area contributed by atoms with Gasteiger partial charge in [0, 0.05) is 24.7 Å². The zero-order valence-electron chi connectivity index (χ0n) is 12.4. The lowest BCUT2D eigenvalue weighted by Gasteiger charge is -2.49. The van der Waals surface area contributed by atoms with E-state index in [1.54, 1.807) is 0 Å². The smallest absolute Gasteiger partial charge is 0.0330 e. The summed E-state index contributed by atoms with van der Waals surface area (Å²) in [6, 6.07) is 0.310. The Kier molecular flexibility index (Phi) is 5.42. The van der Waals surface area contributed by atoms with Gasteiger partial charge in [-0.1, -0.05) is 20.3 Å². The molecule has 1 aliphatic carbocycles. The molecule has 2 N–H and O–H groups in total. The van der Waals surface area contributed by atoms with E-state index in [4.69, 9.17) is 5.73 Å². The van der Waals surface area contributed by atoms with E-state index < -0.39 is 0 Å². The fraction of sp³-hybridized carbons (Fsp3) is 1.00. The molecule has 1 saturated carbocycles. The van der Waals surface area contributed by atoms with Gasteiger partial charge in [0.1, 0.15) is 0 Å². The van der Waals surface area contributed by atoms with Crippen LogP contribution < -0.4 is 5.73 Å². The van der Waals surface area contributed by atoms with Crippen molar-refractivity contribution in [1.29, 1.82) is 0 Å². The van der Waals surface area contributed by atoms with Crippen LogP contribution in [0.1, 0.15) is 39.5 Å². The van der Waals surface area contributed by atoms with Crippen LogP contribution in [0.5, 0.6) is 0 Å². The van der Waals surface area contributed by atoms with E-state index in [9.17, 15) is 0 Å². The summed E-state index contributed by atoms with van der Waals surface area (Å²) in [5, 5.41) is 0. The van der Waals surface area contributed by atoms with Gasteiger partial charge in [0.05, 0.1) is 0 Å². The molecule has 0 aromatic rings. The summed E-state index contributed by atoms with van der Waals surface area (Å²) in [5.41, 5.74) is 6.65. The molecule has 0 saturated heterocycles. The monoisotopic (exact) mass is 241 g/mol. The predicted octanol–water partition coefficient (Wildman–Crippen LogP) is 1.78. The summed E-state index contributed by atoms with van der Waals surface area (Å²) in [6.07, 6.45) is 5.23. The highest BCUT2D eigenvalue weighted by molar-refractivity contribution is 4.98. The average Bonchev–Trinajstić information content (AvgIpc) is 2.21. The van der Waals surface area contributed by atoms with Gasteiger partial charge in [-0.3, -0.25) is 0 Å². The zero-order valence-corrected chi connectivity index (χ0v) is 12.4. The highest BCUT2D eigenvalue weighted by Crippen LogP contribution is 2.36. The van der Waals surface area contributed by atoms with Crippen molar-refractivity contribution in [3.05, 3.63) is 0 Å². The molecule has 0 spiro atoms. The Morgan fingerprint density at radius 2 is 1.82 bits per heavy atom. The first kappa shape index (κ1) is 14.9. The van der Waals surface area contributed by atoms with Crippen LogP contribution in [0.4, 0.5) is 0 Å². The quantitative estimate of drug-likeness (QED) is 0.737. The number of hydrogen-bond acceptors (Lipinski definition) is 3. The molecule has 1 fully saturated rings. The zero-order chi connectivity index (χ0) is 13.1. The molecule has 0 amide bonds. The number of nitrogens with two attached hydrogens (primary N) is 1. The molecule has 0 bridgehead atoms. The van der Waals surface area contributed by atoms with Gasteiger partial charge >= 0.3 is 0 Å². The van der Waals surface area contributed by atoms with Crippen molar-refractivity contribution in [1.82, 2.24) is 9.80 Å². The van der Waals surface area contributed by atoms with Crippen LogP contribution in [0.15, 0.2) is 0 Å². The van der Waals surface area contributed by atoms with Crippen LogP contribution >= 0.6 is 0 Å². The van der Waals surface area contributed by atoms with Crippen LogP contribution in [0.25, 0.3) is 0 Å². The second kappa shape index (κ2) is 6.17. The summed E-state index contributed by atoms with van der Waals surface area (Å²) in [5.74, 6) is 0.620. The van der Waals surface area contributed by atoms with Crippen molar-refractivity contribution in [2.24, 2.45) is 11.7 Å². The first-order valence-electron chi connectivity index (χ1n) is 7.03. The molecule has 0 radical (unpaired) electrons. The maximum absolute atomic E-state index is 6.23. The third kappa shape index (κ3) is 3.67. The molecule has 0 heterocycles. The van der Waals surface area contributed by atoms with Gasteiger partial charge in [-0.05, 0) is 46.3 Å². The van der Waals surface area contributed by atoms with Crippen LogP contribution in [-0.2, 0) is 0 Å². The molecule has 1 rings (SSSR count). The molecule has 1 aliphatic rings.